The number of nitrogens with zero attached hydrogens (tertiary/aromatic N) is 2. The highest BCUT2D eigenvalue weighted by atomic mass is 32.2. The highest BCUT2D eigenvalue weighted by Crippen LogP contribution is 2.25. The van der Waals surface area contributed by atoms with Crippen molar-refractivity contribution in [2.45, 2.75) is 38.4 Å². The lowest BCUT2D eigenvalue weighted by atomic mass is 10.2. The van der Waals surface area contributed by atoms with Crippen LogP contribution in [0.1, 0.15) is 26.7 Å². The van der Waals surface area contributed by atoms with E-state index in [0.717, 1.165) is 23.0 Å². The first kappa shape index (κ1) is 20.0. The van der Waals surface area contributed by atoms with Crippen molar-refractivity contribution in [1.82, 2.24) is 14.9 Å². The first-order valence-electron chi connectivity index (χ1n) is 8.81. The van der Waals surface area contributed by atoms with Gasteiger partial charge < -0.3 is 14.6 Å². The number of imidazole rings is 1. The first-order chi connectivity index (χ1) is 12.7. The number of hydrogen-bond acceptors (Lipinski definition) is 5. The Kier molecular flexibility index (Phi) is 8.21. The summed E-state index contributed by atoms with van der Waals surface area (Å²) in [6, 6.07) is 10.1. The van der Waals surface area contributed by atoms with E-state index in [-0.39, 0.29) is 11.9 Å². The molecule has 0 bridgehead atoms. The van der Waals surface area contributed by atoms with Gasteiger partial charge in [-0.1, -0.05) is 42.1 Å². The number of aromatic nitrogens is 2. The van der Waals surface area contributed by atoms with Gasteiger partial charge in [0.15, 0.2) is 5.16 Å². The van der Waals surface area contributed by atoms with Crippen molar-refractivity contribution in [1.29, 1.82) is 0 Å². The fraction of sp³-hybridized carbons (Fsp3) is 0.421. The lowest BCUT2D eigenvalue weighted by Crippen LogP contribution is -2.26. The number of carbonyl (C=O) groups is 2. The van der Waals surface area contributed by atoms with Crippen LogP contribution in [0.5, 0.6) is 0 Å². The van der Waals surface area contributed by atoms with E-state index in [4.69, 9.17) is 4.74 Å². The van der Waals surface area contributed by atoms with Crippen LogP contribution >= 0.6 is 11.8 Å². The molecule has 0 radical (unpaired) electrons. The molecule has 26 heavy (non-hydrogen) atoms. The third-order valence-corrected chi connectivity index (χ3v) is 4.71. The first-order valence-corrected chi connectivity index (χ1v) is 9.80. The summed E-state index contributed by atoms with van der Waals surface area (Å²) in [4.78, 5) is 27.7. The minimum Gasteiger partial charge on any atom is -0.466 e. The van der Waals surface area contributed by atoms with Crippen LogP contribution in [0.2, 0.25) is 0 Å². The number of amides is 1. The van der Waals surface area contributed by atoms with E-state index < -0.39 is 0 Å². The summed E-state index contributed by atoms with van der Waals surface area (Å²) in [7, 11) is 0. The van der Waals surface area contributed by atoms with Gasteiger partial charge in [0.1, 0.15) is 0 Å². The SMILES string of the molecule is CCOC(=O)CCCNC(=O)CSc1ncc(-c2ccccc2)n1CC. The van der Waals surface area contributed by atoms with Crippen LogP contribution in [0.4, 0.5) is 0 Å². The van der Waals surface area contributed by atoms with Gasteiger partial charge in [0, 0.05) is 19.5 Å². The summed E-state index contributed by atoms with van der Waals surface area (Å²) in [6.45, 7) is 5.48. The molecule has 0 saturated heterocycles. The van der Waals surface area contributed by atoms with Crippen LogP contribution < -0.4 is 5.32 Å². The van der Waals surface area contributed by atoms with Crippen LogP contribution in [0.15, 0.2) is 41.7 Å². The molecular formula is C19H25N3O3S. The molecule has 1 aromatic carbocycles. The van der Waals surface area contributed by atoms with Gasteiger partial charge in [-0.15, -0.1) is 0 Å². The molecule has 0 spiro atoms. The molecule has 0 aliphatic carbocycles. The Hall–Kier alpha value is -2.28. The van der Waals surface area contributed by atoms with E-state index in [9.17, 15) is 9.59 Å². The Morgan fingerprint density at radius 3 is 2.69 bits per heavy atom. The van der Waals surface area contributed by atoms with E-state index in [1.807, 2.05) is 36.5 Å². The summed E-state index contributed by atoms with van der Waals surface area (Å²) >= 11 is 1.42. The maximum atomic E-state index is 12.0. The Labute approximate surface area is 158 Å². The van der Waals surface area contributed by atoms with Gasteiger partial charge in [-0.05, 0) is 25.8 Å². The van der Waals surface area contributed by atoms with Crippen LogP contribution in [0.3, 0.4) is 0 Å². The van der Waals surface area contributed by atoms with Gasteiger partial charge in [-0.25, -0.2) is 4.98 Å². The predicted octanol–water partition coefficient (Wildman–Crippen LogP) is 3.12. The second-order valence-electron chi connectivity index (χ2n) is 5.58. The molecule has 1 amide bonds. The molecule has 1 N–H and O–H groups in total. The van der Waals surface area contributed by atoms with Crippen molar-refractivity contribution in [3.05, 3.63) is 36.5 Å². The summed E-state index contributed by atoms with van der Waals surface area (Å²) in [5.41, 5.74) is 2.16. The number of benzene rings is 1. The van der Waals surface area contributed by atoms with Gasteiger partial charge >= 0.3 is 5.97 Å². The second kappa shape index (κ2) is 10.7. The zero-order chi connectivity index (χ0) is 18.8. The van der Waals surface area contributed by atoms with Crippen LogP contribution in [0, 0.1) is 0 Å². The van der Waals surface area contributed by atoms with Crippen molar-refractivity contribution < 1.29 is 14.3 Å². The van der Waals surface area contributed by atoms with Crippen LogP contribution in [-0.2, 0) is 20.9 Å². The molecule has 6 nitrogen and oxygen atoms in total. The molecule has 2 aromatic rings. The second-order valence-corrected chi connectivity index (χ2v) is 6.53. The largest absolute Gasteiger partial charge is 0.466 e. The van der Waals surface area contributed by atoms with E-state index in [0.29, 0.717) is 31.7 Å². The normalized spacial score (nSPS) is 10.5. The molecule has 0 atom stereocenters. The van der Waals surface area contributed by atoms with E-state index in [1.54, 1.807) is 6.92 Å². The van der Waals surface area contributed by atoms with Gasteiger partial charge in [0.25, 0.3) is 0 Å². The molecule has 0 unspecified atom stereocenters. The highest BCUT2D eigenvalue weighted by Gasteiger charge is 2.12. The number of thioether (sulfide) groups is 1. The van der Waals surface area contributed by atoms with E-state index >= 15 is 0 Å². The van der Waals surface area contributed by atoms with Crippen molar-refractivity contribution >= 4 is 23.6 Å². The standard InChI is InChI=1S/C19H25N3O3S/c1-3-22-16(15-9-6-5-7-10-15)13-21-19(22)26-14-17(23)20-12-8-11-18(24)25-4-2/h5-7,9-10,13H,3-4,8,11-12,14H2,1-2H3,(H,20,23). The minimum absolute atomic E-state index is 0.0641. The van der Waals surface area contributed by atoms with Crippen LogP contribution in [-0.4, -0.2) is 40.3 Å². The molecule has 1 heterocycles. The van der Waals surface area contributed by atoms with Crippen molar-refractivity contribution in [2.75, 3.05) is 18.9 Å². The monoisotopic (exact) mass is 375 g/mol. The van der Waals surface area contributed by atoms with Gasteiger partial charge in [0.2, 0.25) is 5.91 Å². The number of esters is 1. The zero-order valence-corrected chi connectivity index (χ0v) is 16.1. The number of hydrogen-bond donors (Lipinski definition) is 1. The van der Waals surface area contributed by atoms with Gasteiger partial charge in [0.05, 0.1) is 24.3 Å². The Balaban J connectivity index is 1.81. The van der Waals surface area contributed by atoms with Crippen LogP contribution in [0.25, 0.3) is 11.3 Å². The molecule has 7 heteroatoms. The number of carbonyl (C=O) groups excluding carboxylic acids is 2. The quantitative estimate of drug-likeness (QED) is 0.392. The summed E-state index contributed by atoms with van der Waals surface area (Å²) < 4.78 is 6.96. The fourth-order valence-corrected chi connectivity index (χ4v) is 3.37. The topological polar surface area (TPSA) is 73.2 Å². The third-order valence-electron chi connectivity index (χ3n) is 3.72. The maximum absolute atomic E-state index is 12.0. The Bertz CT molecular complexity index is 716. The van der Waals surface area contributed by atoms with Crippen molar-refractivity contribution in [3.63, 3.8) is 0 Å². The lowest BCUT2D eigenvalue weighted by Gasteiger charge is -2.09. The zero-order valence-electron chi connectivity index (χ0n) is 15.2. The fourth-order valence-electron chi connectivity index (χ4n) is 2.49. The molecule has 1 aromatic heterocycles. The third kappa shape index (κ3) is 5.91. The summed E-state index contributed by atoms with van der Waals surface area (Å²) in [6.07, 6.45) is 2.75. The molecule has 0 fully saturated rings. The molecule has 2 rings (SSSR count). The Morgan fingerprint density at radius 2 is 2.00 bits per heavy atom. The molecule has 140 valence electrons. The summed E-state index contributed by atoms with van der Waals surface area (Å²) in [5.74, 6) is 0.00490. The van der Waals surface area contributed by atoms with E-state index in [2.05, 4.69) is 21.8 Å². The van der Waals surface area contributed by atoms with Gasteiger partial charge in [-0.3, -0.25) is 9.59 Å². The Morgan fingerprint density at radius 1 is 1.23 bits per heavy atom. The lowest BCUT2D eigenvalue weighted by molar-refractivity contribution is -0.143. The number of nitrogens with one attached hydrogen (secondary N) is 1. The molecular weight excluding hydrogens is 350 g/mol. The smallest absolute Gasteiger partial charge is 0.305 e. The highest BCUT2D eigenvalue weighted by molar-refractivity contribution is 7.99. The molecule has 0 saturated carbocycles. The average Bonchev–Trinajstić information content (AvgIpc) is 3.07. The van der Waals surface area contributed by atoms with Crippen molar-refractivity contribution in [3.8, 4) is 11.3 Å². The number of rotatable bonds is 10. The average molecular weight is 375 g/mol. The summed E-state index contributed by atoms with van der Waals surface area (Å²) in [5, 5.41) is 3.65. The molecule has 0 aliphatic rings. The van der Waals surface area contributed by atoms with E-state index in [1.165, 1.54) is 11.8 Å². The maximum Gasteiger partial charge on any atom is 0.305 e. The molecule has 0 aliphatic heterocycles. The van der Waals surface area contributed by atoms with Gasteiger partial charge in [-0.2, -0.15) is 0 Å². The number of ether oxygens (including phenoxy) is 1. The predicted molar refractivity (Wildman–Crippen MR) is 103 cm³/mol. The van der Waals surface area contributed by atoms with Crippen molar-refractivity contribution in [2.24, 2.45) is 0 Å². The minimum atomic E-state index is -0.227.